The number of rotatable bonds is 4. The number of ether oxygens (including phenoxy) is 2. The first-order valence-corrected chi connectivity index (χ1v) is 9.34. The standard InChI is InChI=1S/C12H15NO2.C12H11N.ClH/c1-8-10-7-12(15-3)11(14-2)6-9(10)4-5-13-8;1-3-7-11(8-4-1)13-12-9-5-2-6-10-12;/h6-7H,4-5H2,1-3H3;1-10,13H;1H. The Morgan fingerprint density at radius 3 is 1.83 bits per heavy atom. The van der Waals surface area contributed by atoms with Gasteiger partial charge in [0, 0.05) is 29.2 Å². The van der Waals surface area contributed by atoms with Gasteiger partial charge in [-0.15, -0.1) is 12.4 Å². The van der Waals surface area contributed by atoms with Crippen LogP contribution in [0.25, 0.3) is 0 Å². The van der Waals surface area contributed by atoms with Crippen molar-refractivity contribution in [3.8, 4) is 11.5 Å². The van der Waals surface area contributed by atoms with E-state index in [2.05, 4.69) is 10.3 Å². The van der Waals surface area contributed by atoms with E-state index in [4.69, 9.17) is 9.47 Å². The third kappa shape index (κ3) is 6.00. The molecule has 3 aromatic carbocycles. The quantitative estimate of drug-likeness (QED) is 0.580. The lowest BCUT2D eigenvalue weighted by atomic mass is 9.97. The van der Waals surface area contributed by atoms with Crippen molar-refractivity contribution in [2.45, 2.75) is 13.3 Å². The van der Waals surface area contributed by atoms with Gasteiger partial charge in [-0.2, -0.15) is 0 Å². The highest BCUT2D eigenvalue weighted by Crippen LogP contribution is 2.32. The lowest BCUT2D eigenvalue weighted by molar-refractivity contribution is 0.354. The number of halogens is 1. The molecule has 0 amide bonds. The number of hydrogen-bond donors (Lipinski definition) is 1. The third-order valence-corrected chi connectivity index (χ3v) is 4.57. The van der Waals surface area contributed by atoms with Gasteiger partial charge < -0.3 is 14.8 Å². The van der Waals surface area contributed by atoms with E-state index in [9.17, 15) is 0 Å². The molecule has 4 rings (SSSR count). The molecule has 0 saturated carbocycles. The van der Waals surface area contributed by atoms with Gasteiger partial charge in [0.2, 0.25) is 0 Å². The van der Waals surface area contributed by atoms with E-state index in [-0.39, 0.29) is 12.4 Å². The maximum absolute atomic E-state index is 5.27. The zero-order chi connectivity index (χ0) is 19.8. The largest absolute Gasteiger partial charge is 0.493 e. The molecule has 1 aliphatic rings. The molecule has 0 unspecified atom stereocenters. The summed E-state index contributed by atoms with van der Waals surface area (Å²) in [6.45, 7) is 2.90. The second kappa shape index (κ2) is 11.1. The number of para-hydroxylation sites is 2. The lowest BCUT2D eigenvalue weighted by Gasteiger charge is -2.17. The van der Waals surface area contributed by atoms with E-state index < -0.39 is 0 Å². The van der Waals surface area contributed by atoms with Crippen molar-refractivity contribution in [2.24, 2.45) is 4.99 Å². The van der Waals surface area contributed by atoms with Crippen molar-refractivity contribution >= 4 is 29.5 Å². The third-order valence-electron chi connectivity index (χ3n) is 4.57. The Morgan fingerprint density at radius 2 is 1.31 bits per heavy atom. The minimum absolute atomic E-state index is 0. The normalized spacial score (nSPS) is 11.6. The molecule has 29 heavy (non-hydrogen) atoms. The minimum Gasteiger partial charge on any atom is -0.493 e. The predicted molar refractivity (Wildman–Crippen MR) is 124 cm³/mol. The van der Waals surface area contributed by atoms with Gasteiger partial charge in [0.15, 0.2) is 11.5 Å². The first-order valence-electron chi connectivity index (χ1n) is 9.34. The van der Waals surface area contributed by atoms with Gasteiger partial charge in [-0.1, -0.05) is 36.4 Å². The molecule has 0 spiro atoms. The van der Waals surface area contributed by atoms with Crippen LogP contribution in [0.3, 0.4) is 0 Å². The SMILES string of the molecule is COc1cc2c(cc1OC)C(C)=NCC2.Cl.c1ccc(Nc2ccccc2)cc1. The predicted octanol–water partition coefficient (Wildman–Crippen LogP) is 5.92. The summed E-state index contributed by atoms with van der Waals surface area (Å²) in [5, 5.41) is 3.30. The van der Waals surface area contributed by atoms with Crippen molar-refractivity contribution < 1.29 is 9.47 Å². The fraction of sp³-hybridized carbons (Fsp3) is 0.208. The average molecular weight is 411 g/mol. The number of nitrogens with one attached hydrogen (secondary N) is 1. The van der Waals surface area contributed by atoms with Gasteiger partial charge in [0.05, 0.1) is 14.2 Å². The Labute approximate surface area is 179 Å². The highest BCUT2D eigenvalue weighted by molar-refractivity contribution is 6.01. The molecule has 0 bridgehead atoms. The van der Waals surface area contributed by atoms with Crippen molar-refractivity contribution in [1.82, 2.24) is 0 Å². The van der Waals surface area contributed by atoms with Crippen molar-refractivity contribution in [1.29, 1.82) is 0 Å². The first kappa shape index (κ1) is 22.3. The zero-order valence-electron chi connectivity index (χ0n) is 17.0. The number of anilines is 2. The maximum atomic E-state index is 5.27. The van der Waals surface area contributed by atoms with Crippen LogP contribution < -0.4 is 14.8 Å². The topological polar surface area (TPSA) is 42.9 Å². The van der Waals surface area contributed by atoms with Gasteiger partial charge in [0.25, 0.3) is 0 Å². The summed E-state index contributed by atoms with van der Waals surface area (Å²) in [7, 11) is 3.31. The summed E-state index contributed by atoms with van der Waals surface area (Å²) in [5.41, 5.74) is 5.79. The van der Waals surface area contributed by atoms with Crippen LogP contribution in [0, 0.1) is 0 Å². The van der Waals surface area contributed by atoms with Crippen LogP contribution >= 0.6 is 12.4 Å². The van der Waals surface area contributed by atoms with Gasteiger partial charge in [-0.25, -0.2) is 0 Å². The zero-order valence-corrected chi connectivity index (χ0v) is 17.8. The van der Waals surface area contributed by atoms with Crippen LogP contribution in [-0.4, -0.2) is 26.5 Å². The van der Waals surface area contributed by atoms with Crippen LogP contribution in [0.4, 0.5) is 11.4 Å². The molecular formula is C24H27ClN2O2. The Bertz CT molecular complexity index is 891. The van der Waals surface area contributed by atoms with Crippen molar-refractivity contribution in [3.63, 3.8) is 0 Å². The number of benzene rings is 3. The molecule has 0 fully saturated rings. The molecule has 0 aliphatic carbocycles. The molecule has 0 saturated heterocycles. The highest BCUT2D eigenvalue weighted by atomic mass is 35.5. The molecule has 4 nitrogen and oxygen atoms in total. The second-order valence-corrected chi connectivity index (χ2v) is 6.44. The van der Waals surface area contributed by atoms with Crippen LogP contribution in [0.2, 0.25) is 0 Å². The van der Waals surface area contributed by atoms with E-state index in [1.54, 1.807) is 14.2 Å². The Hall–Kier alpha value is -2.98. The second-order valence-electron chi connectivity index (χ2n) is 6.44. The molecule has 5 heteroatoms. The molecule has 0 aromatic heterocycles. The summed E-state index contributed by atoms with van der Waals surface area (Å²) in [6.07, 6.45) is 0.979. The highest BCUT2D eigenvalue weighted by Gasteiger charge is 2.15. The number of fused-ring (bicyclic) bond motifs is 1. The molecule has 3 aromatic rings. The molecule has 0 atom stereocenters. The van der Waals surface area contributed by atoms with Gasteiger partial charge >= 0.3 is 0 Å². The van der Waals surface area contributed by atoms with Crippen LogP contribution in [0.5, 0.6) is 11.5 Å². The summed E-state index contributed by atoms with van der Waals surface area (Å²) in [5.74, 6) is 1.57. The van der Waals surface area contributed by atoms with E-state index in [1.807, 2.05) is 79.7 Å². The Morgan fingerprint density at radius 1 is 0.793 bits per heavy atom. The van der Waals surface area contributed by atoms with Crippen LogP contribution in [0.1, 0.15) is 18.1 Å². The maximum Gasteiger partial charge on any atom is 0.161 e. The van der Waals surface area contributed by atoms with Crippen molar-refractivity contribution in [2.75, 3.05) is 26.1 Å². The van der Waals surface area contributed by atoms with Gasteiger partial charge in [-0.3, -0.25) is 4.99 Å². The smallest absolute Gasteiger partial charge is 0.161 e. The summed E-state index contributed by atoms with van der Waals surface area (Å²) in [6, 6.07) is 24.3. The number of methoxy groups -OCH3 is 2. The minimum atomic E-state index is 0. The van der Waals surface area contributed by atoms with Gasteiger partial charge in [0.1, 0.15) is 0 Å². The monoisotopic (exact) mass is 410 g/mol. The van der Waals surface area contributed by atoms with Crippen LogP contribution in [-0.2, 0) is 6.42 Å². The Kier molecular flexibility index (Phi) is 8.56. The number of hydrogen-bond acceptors (Lipinski definition) is 4. The summed E-state index contributed by atoms with van der Waals surface area (Å²) >= 11 is 0. The summed E-state index contributed by atoms with van der Waals surface area (Å²) in [4.78, 5) is 4.42. The van der Waals surface area contributed by atoms with Gasteiger partial charge in [-0.05, 0) is 55.3 Å². The average Bonchev–Trinajstić information content (AvgIpc) is 2.75. The summed E-state index contributed by atoms with van der Waals surface area (Å²) < 4.78 is 10.5. The molecule has 1 aliphatic heterocycles. The van der Waals surface area contributed by atoms with E-state index in [0.717, 1.165) is 41.6 Å². The molecular weight excluding hydrogens is 384 g/mol. The number of aliphatic imine (C=N–C) groups is 1. The fourth-order valence-corrected chi connectivity index (χ4v) is 3.10. The fourth-order valence-electron chi connectivity index (χ4n) is 3.10. The van der Waals surface area contributed by atoms with E-state index in [0.29, 0.717) is 0 Å². The molecule has 1 heterocycles. The Balaban J connectivity index is 0.000000202. The first-order chi connectivity index (χ1) is 13.7. The number of nitrogens with zero attached hydrogens (tertiary/aromatic N) is 1. The molecule has 152 valence electrons. The van der Waals surface area contributed by atoms with Crippen molar-refractivity contribution in [3.05, 3.63) is 83.9 Å². The molecule has 0 radical (unpaired) electrons. The van der Waals surface area contributed by atoms with Crippen LogP contribution in [0.15, 0.2) is 77.8 Å². The lowest BCUT2D eigenvalue weighted by Crippen LogP contribution is -2.10. The van der Waals surface area contributed by atoms with E-state index in [1.165, 1.54) is 11.1 Å². The van der Waals surface area contributed by atoms with E-state index >= 15 is 0 Å². The molecule has 1 N–H and O–H groups in total.